The predicted molar refractivity (Wildman–Crippen MR) is 153 cm³/mol. The van der Waals surface area contributed by atoms with E-state index in [4.69, 9.17) is 10.5 Å². The van der Waals surface area contributed by atoms with Crippen molar-refractivity contribution in [3.8, 4) is 5.75 Å². The van der Waals surface area contributed by atoms with Gasteiger partial charge in [-0.3, -0.25) is 19.7 Å². The van der Waals surface area contributed by atoms with Crippen molar-refractivity contribution in [1.82, 2.24) is 0 Å². The number of benzene rings is 4. The molecule has 4 aromatic carbocycles. The maximum absolute atomic E-state index is 13.7. The number of non-ortho nitro benzene ring substituents is 1. The average Bonchev–Trinajstić information content (AvgIpc) is 2.97. The summed E-state index contributed by atoms with van der Waals surface area (Å²) < 4.78 is 32.7. The zero-order valence-corrected chi connectivity index (χ0v) is 22.6. The zero-order chi connectivity index (χ0) is 29.6. The summed E-state index contributed by atoms with van der Waals surface area (Å²) in [6, 6.07) is 22.9. The van der Waals surface area contributed by atoms with Crippen LogP contribution in [0.15, 0.2) is 107 Å². The fourth-order valence-electron chi connectivity index (χ4n) is 4.09. The lowest BCUT2D eigenvalue weighted by atomic mass is 10.1. The van der Waals surface area contributed by atoms with Crippen molar-refractivity contribution in [2.75, 3.05) is 17.7 Å². The highest BCUT2D eigenvalue weighted by Gasteiger charge is 2.29. The summed E-state index contributed by atoms with van der Waals surface area (Å²) in [5.41, 5.74) is 6.48. The van der Waals surface area contributed by atoms with Gasteiger partial charge in [-0.25, -0.2) is 8.42 Å². The standard InChI is InChI=1S/C29H26N4O7S/c1-40-25-12-6-5-10-23(25)31-29(35)27-24(32-28(34)22(30)18-19-8-3-2-4-9-19)11-7-13-26(27)41(38,39)21-16-14-20(15-17-21)33(36)37/h2-17,22H,18,30H2,1H3,(H,31,35)(H,32,34). The van der Waals surface area contributed by atoms with E-state index in [0.717, 1.165) is 29.8 Å². The Morgan fingerprint density at radius 3 is 2.17 bits per heavy atom. The maximum atomic E-state index is 13.7. The molecule has 1 unspecified atom stereocenters. The van der Waals surface area contributed by atoms with Crippen LogP contribution in [-0.2, 0) is 21.1 Å². The quantitative estimate of drug-likeness (QED) is 0.187. The Labute approximate surface area is 236 Å². The number of hydrogen-bond acceptors (Lipinski definition) is 8. The Morgan fingerprint density at radius 1 is 0.878 bits per heavy atom. The first kappa shape index (κ1) is 28.9. The number of rotatable bonds is 10. The normalized spacial score (nSPS) is 11.8. The summed E-state index contributed by atoms with van der Waals surface area (Å²) in [6.45, 7) is 0. The van der Waals surface area contributed by atoms with Gasteiger partial charge in [0.25, 0.3) is 11.6 Å². The van der Waals surface area contributed by atoms with Gasteiger partial charge in [0.15, 0.2) is 0 Å². The van der Waals surface area contributed by atoms with Gasteiger partial charge in [-0.05, 0) is 48.4 Å². The second-order valence-corrected chi connectivity index (χ2v) is 10.8. The molecule has 0 saturated heterocycles. The summed E-state index contributed by atoms with van der Waals surface area (Å²) in [5.74, 6) is -1.15. The molecule has 0 heterocycles. The highest BCUT2D eigenvalue weighted by Crippen LogP contribution is 2.32. The molecule has 0 aliphatic rings. The minimum Gasteiger partial charge on any atom is -0.495 e. The van der Waals surface area contributed by atoms with E-state index in [9.17, 15) is 28.1 Å². The van der Waals surface area contributed by atoms with Gasteiger partial charge < -0.3 is 21.1 Å². The van der Waals surface area contributed by atoms with Gasteiger partial charge in [-0.2, -0.15) is 0 Å². The molecule has 0 bridgehead atoms. The van der Waals surface area contributed by atoms with E-state index in [2.05, 4.69) is 10.6 Å². The van der Waals surface area contributed by atoms with Crippen LogP contribution in [0.5, 0.6) is 5.75 Å². The first-order chi connectivity index (χ1) is 19.6. The lowest BCUT2D eigenvalue weighted by Gasteiger charge is -2.18. The number of hydrogen-bond donors (Lipinski definition) is 3. The number of ether oxygens (including phenoxy) is 1. The van der Waals surface area contributed by atoms with Crippen LogP contribution >= 0.6 is 0 Å². The third kappa shape index (κ3) is 6.57. The van der Waals surface area contributed by atoms with Crippen LogP contribution in [0.25, 0.3) is 0 Å². The monoisotopic (exact) mass is 574 g/mol. The number of methoxy groups -OCH3 is 1. The molecule has 0 aliphatic carbocycles. The Kier molecular flexibility index (Phi) is 8.75. The SMILES string of the molecule is COc1ccccc1NC(=O)c1c(NC(=O)C(N)Cc2ccccc2)cccc1S(=O)(=O)c1ccc([N+](=O)[O-])cc1. The third-order valence-corrected chi connectivity index (χ3v) is 7.96. The lowest BCUT2D eigenvalue weighted by molar-refractivity contribution is -0.384. The van der Waals surface area contributed by atoms with Crippen LogP contribution in [0.3, 0.4) is 0 Å². The number of nitrogens with one attached hydrogen (secondary N) is 2. The first-order valence-electron chi connectivity index (χ1n) is 12.3. The first-order valence-corrected chi connectivity index (χ1v) is 13.8. The fraction of sp³-hybridized carbons (Fsp3) is 0.103. The second kappa shape index (κ2) is 12.4. The van der Waals surface area contributed by atoms with E-state index in [0.29, 0.717) is 5.75 Å². The number of sulfone groups is 1. The second-order valence-electron chi connectivity index (χ2n) is 8.87. The van der Waals surface area contributed by atoms with E-state index in [1.807, 2.05) is 30.3 Å². The van der Waals surface area contributed by atoms with Gasteiger partial charge in [-0.15, -0.1) is 0 Å². The van der Waals surface area contributed by atoms with Crippen molar-refractivity contribution in [2.24, 2.45) is 5.73 Å². The molecule has 0 fully saturated rings. The van der Waals surface area contributed by atoms with Crippen LogP contribution in [-0.4, -0.2) is 38.3 Å². The molecule has 41 heavy (non-hydrogen) atoms. The van der Waals surface area contributed by atoms with Crippen LogP contribution in [0.4, 0.5) is 17.1 Å². The minimum absolute atomic E-state index is 0.0890. The molecule has 0 saturated carbocycles. The van der Waals surface area contributed by atoms with Gasteiger partial charge >= 0.3 is 0 Å². The number of para-hydroxylation sites is 2. The van der Waals surface area contributed by atoms with Crippen LogP contribution < -0.4 is 21.1 Å². The number of nitro benzene ring substituents is 1. The number of carbonyl (C=O) groups is 2. The van der Waals surface area contributed by atoms with Crippen molar-refractivity contribution in [3.63, 3.8) is 0 Å². The van der Waals surface area contributed by atoms with E-state index in [1.165, 1.54) is 25.3 Å². The number of nitro groups is 1. The average molecular weight is 575 g/mol. The van der Waals surface area contributed by atoms with Crippen molar-refractivity contribution >= 4 is 38.7 Å². The van der Waals surface area contributed by atoms with Crippen LogP contribution in [0.2, 0.25) is 0 Å². The fourth-order valence-corrected chi connectivity index (χ4v) is 5.56. The number of amides is 2. The van der Waals surface area contributed by atoms with Crippen molar-refractivity contribution in [3.05, 3.63) is 118 Å². The molecule has 1 atom stereocenters. The van der Waals surface area contributed by atoms with Gasteiger partial charge in [-0.1, -0.05) is 48.5 Å². The molecule has 11 nitrogen and oxygen atoms in total. The van der Waals surface area contributed by atoms with E-state index < -0.39 is 37.5 Å². The largest absolute Gasteiger partial charge is 0.495 e. The number of nitrogens with zero attached hydrogens (tertiary/aromatic N) is 1. The molecule has 0 aromatic heterocycles. The summed E-state index contributed by atoms with van der Waals surface area (Å²) >= 11 is 0. The van der Waals surface area contributed by atoms with Crippen molar-refractivity contribution in [1.29, 1.82) is 0 Å². The molecule has 4 rings (SSSR count). The summed E-state index contributed by atoms with van der Waals surface area (Å²) in [5, 5.41) is 16.3. The molecule has 4 N–H and O–H groups in total. The molecule has 4 aromatic rings. The molecular weight excluding hydrogens is 548 g/mol. The third-order valence-electron chi connectivity index (χ3n) is 6.15. The van der Waals surface area contributed by atoms with E-state index in [-0.39, 0.29) is 33.9 Å². The van der Waals surface area contributed by atoms with Gasteiger partial charge in [0.05, 0.1) is 44.8 Å². The predicted octanol–water partition coefficient (Wildman–Crippen LogP) is 4.20. The van der Waals surface area contributed by atoms with E-state index in [1.54, 1.807) is 24.3 Å². The van der Waals surface area contributed by atoms with Crippen molar-refractivity contribution < 1.29 is 27.7 Å². The van der Waals surface area contributed by atoms with Gasteiger partial charge in [0.1, 0.15) is 5.75 Å². The number of carbonyl (C=O) groups excluding carboxylic acids is 2. The van der Waals surface area contributed by atoms with Crippen LogP contribution in [0, 0.1) is 10.1 Å². The lowest BCUT2D eigenvalue weighted by Crippen LogP contribution is -2.38. The molecule has 0 radical (unpaired) electrons. The highest BCUT2D eigenvalue weighted by molar-refractivity contribution is 7.91. The molecule has 0 spiro atoms. The molecule has 2 amide bonds. The summed E-state index contributed by atoms with van der Waals surface area (Å²) in [4.78, 5) is 36.5. The zero-order valence-electron chi connectivity index (χ0n) is 21.8. The Bertz CT molecular complexity index is 1690. The smallest absolute Gasteiger partial charge is 0.269 e. The van der Waals surface area contributed by atoms with Crippen LogP contribution in [0.1, 0.15) is 15.9 Å². The van der Waals surface area contributed by atoms with Crippen molar-refractivity contribution in [2.45, 2.75) is 22.3 Å². The maximum Gasteiger partial charge on any atom is 0.269 e. The molecule has 210 valence electrons. The minimum atomic E-state index is -4.39. The Balaban J connectivity index is 1.76. The molecule has 12 heteroatoms. The number of nitrogens with two attached hydrogens (primary N) is 1. The highest BCUT2D eigenvalue weighted by atomic mass is 32.2. The Morgan fingerprint density at radius 2 is 1.51 bits per heavy atom. The Hall–Kier alpha value is -5.07. The summed E-state index contributed by atoms with van der Waals surface area (Å²) in [7, 11) is -2.97. The number of anilines is 2. The molecular formula is C29H26N4O7S. The van der Waals surface area contributed by atoms with Gasteiger partial charge in [0.2, 0.25) is 15.7 Å². The van der Waals surface area contributed by atoms with E-state index >= 15 is 0 Å². The molecule has 0 aliphatic heterocycles. The topological polar surface area (TPSA) is 171 Å². The van der Waals surface area contributed by atoms with Gasteiger partial charge in [0, 0.05) is 12.1 Å². The summed E-state index contributed by atoms with van der Waals surface area (Å²) in [6.07, 6.45) is 0.205.